The normalized spacial score (nSPS) is 13.0. The molecule has 0 heterocycles. The molecule has 0 aliphatic heterocycles. The van der Waals surface area contributed by atoms with E-state index in [1.54, 1.807) is 50.2 Å². The number of carbonyl (C=O) groups excluding carboxylic acids is 3. The van der Waals surface area contributed by atoms with Crippen LogP contribution in [-0.4, -0.2) is 95.8 Å². The van der Waals surface area contributed by atoms with Crippen molar-refractivity contribution in [2.75, 3.05) is 19.8 Å². The van der Waals surface area contributed by atoms with Crippen LogP contribution in [0.1, 0.15) is 128 Å². The van der Waals surface area contributed by atoms with E-state index in [4.69, 9.17) is 23.7 Å². The van der Waals surface area contributed by atoms with Gasteiger partial charge in [0, 0.05) is 0 Å². The molecule has 12 rings (SSSR count). The molecule has 28 heteroatoms. The van der Waals surface area contributed by atoms with Crippen molar-refractivity contribution in [3.63, 3.8) is 0 Å². The number of hydrogen-bond donors (Lipinski definition) is 1. The molecule has 12 aromatic carbocycles. The standard InChI is InChI=1S/C22H28O6.2C18H15S.C17H18O2.C15H17F5NO6S2.C10H14O3S/c1-4-22(3,16-23)21(24)28-20-12-10-19(11-13-20)27-17(2)25-14-15-26-18-8-6-5-7-9-18;2*1-4-10-16(11-5-1)19(17-12-6-2-7-13-17)18-14-8-3-9-15-18;1-3-13(2)17(18)19-16-11-9-15(10-12-16)14-7-5-4-6-8-14;1-4-9(2)11-5-7-12(8-6-11)13(22)27-10(3)14(16,17)28(23,24)21-29(25,26)15(18,19)20;1-3-8(2)9-4-6-10(7-5-9)14(11,12)13/h5-13,17,23H,4,14-16H2,1-3H3;2*1-15H;4-13H,3H2,1-2H3;5-10H,4H2,1-3H3;4-8H,3H2,1-2H3,(H,11,12,13)/q;2*+1;;-1;/p-1. The summed E-state index contributed by atoms with van der Waals surface area (Å²) in [5, 5.41) is 4.15. The van der Waals surface area contributed by atoms with Gasteiger partial charge in [0.1, 0.15) is 39.7 Å². The van der Waals surface area contributed by atoms with Crippen LogP contribution < -0.4 is 18.9 Å². The summed E-state index contributed by atoms with van der Waals surface area (Å²) in [5.74, 6) is 0.845. The minimum Gasteiger partial charge on any atom is -0.744 e. The van der Waals surface area contributed by atoms with Gasteiger partial charge in [-0.05, 0) is 226 Å². The van der Waals surface area contributed by atoms with Crippen LogP contribution in [0.5, 0.6) is 23.0 Å². The Balaban J connectivity index is 0.000000213. The van der Waals surface area contributed by atoms with Crippen LogP contribution in [0, 0.1) is 11.3 Å². The zero-order valence-corrected chi connectivity index (χ0v) is 76.6. The van der Waals surface area contributed by atoms with Gasteiger partial charge in [-0.2, -0.15) is 22.0 Å². The van der Waals surface area contributed by atoms with Gasteiger partial charge in [0.05, 0.1) is 56.8 Å². The molecule has 0 bridgehead atoms. The SMILES string of the molecule is CCC(C)(CO)C(=O)Oc1ccc(OC(C)OCCOc2ccccc2)cc1.CCC(C)C(=O)Oc1ccc(-c2ccccc2)cc1.CCC(C)c1ccc(C(=O)OC(C)C(F)(F)S(=O)(=O)[N-]S(=O)(=O)C(F)(F)F)cc1.CCC(C)c1ccc(S(=O)(=O)[O-])cc1.c1ccc([S+](c2ccccc2)c2ccccc2)cc1.c1ccc([S+](c2ccccc2)c2ccccc2)cc1. The Bertz CT molecular complexity index is 5340. The Morgan fingerprint density at radius 1 is 0.422 bits per heavy atom. The van der Waals surface area contributed by atoms with Gasteiger partial charge in [0.2, 0.25) is 0 Å². The van der Waals surface area contributed by atoms with Gasteiger partial charge in [-0.3, -0.25) is 9.59 Å². The molecular weight excluding hydrogens is 1740 g/mol. The number of nitrogens with zero attached hydrogens (tertiary/aromatic N) is 1. The molecule has 0 spiro atoms. The monoisotopic (exact) mass is 1850 g/mol. The van der Waals surface area contributed by atoms with E-state index in [-0.39, 0.29) is 56.7 Å². The Morgan fingerprint density at radius 2 is 0.773 bits per heavy atom. The van der Waals surface area contributed by atoms with Gasteiger partial charge < -0.3 is 42.2 Å². The summed E-state index contributed by atoms with van der Waals surface area (Å²) in [7, 11) is -17.6. The highest BCUT2D eigenvalue weighted by molar-refractivity contribution is 8.13. The molecule has 18 nitrogen and oxygen atoms in total. The van der Waals surface area contributed by atoms with Crippen LogP contribution in [0.2, 0.25) is 0 Å². The lowest BCUT2D eigenvalue weighted by atomic mass is 9.89. The number of aliphatic hydroxyl groups excluding tert-OH is 1. The van der Waals surface area contributed by atoms with E-state index in [1.807, 2.05) is 107 Å². The maximum absolute atomic E-state index is 14.0. The highest BCUT2D eigenvalue weighted by Gasteiger charge is 2.52. The molecule has 0 saturated carbocycles. The first-order chi connectivity index (χ1) is 61.0. The summed E-state index contributed by atoms with van der Waals surface area (Å²) < 4.78 is 174. The summed E-state index contributed by atoms with van der Waals surface area (Å²) in [4.78, 5) is 43.8. The Hall–Kier alpha value is -11.3. The van der Waals surface area contributed by atoms with Crippen LogP contribution >= 0.6 is 0 Å². The van der Waals surface area contributed by atoms with E-state index in [1.165, 1.54) is 69.9 Å². The molecule has 678 valence electrons. The number of benzene rings is 12. The second kappa shape index (κ2) is 51.0. The highest BCUT2D eigenvalue weighted by Crippen LogP contribution is 2.40. The minimum atomic E-state index is -6.75. The highest BCUT2D eigenvalue weighted by atomic mass is 32.3. The molecule has 1 N–H and O–H groups in total. The number of alkyl halides is 5. The van der Waals surface area contributed by atoms with Crippen molar-refractivity contribution in [2.45, 2.75) is 164 Å². The van der Waals surface area contributed by atoms with E-state index in [2.05, 4.69) is 213 Å². The zero-order valence-electron chi connectivity index (χ0n) is 72.5. The van der Waals surface area contributed by atoms with E-state index >= 15 is 0 Å². The topological polar surface area (TPSA) is 266 Å². The molecule has 6 unspecified atom stereocenters. The van der Waals surface area contributed by atoms with Crippen molar-refractivity contribution < 1.29 is 99.7 Å². The number of sulfonamides is 2. The van der Waals surface area contributed by atoms with Crippen LogP contribution in [0.15, 0.2) is 374 Å². The predicted molar refractivity (Wildman–Crippen MR) is 491 cm³/mol. The lowest BCUT2D eigenvalue weighted by Gasteiger charge is -2.30. The van der Waals surface area contributed by atoms with Gasteiger partial charge in [0.15, 0.2) is 61.8 Å². The summed E-state index contributed by atoms with van der Waals surface area (Å²) >= 11 is 0. The largest absolute Gasteiger partial charge is 0.744 e. The van der Waals surface area contributed by atoms with Crippen molar-refractivity contribution in [3.05, 3.63) is 361 Å². The molecular formula is C100H106F5NO17S5. The maximum atomic E-state index is 14.0. The van der Waals surface area contributed by atoms with Gasteiger partial charge in [0.25, 0.3) is 0 Å². The number of rotatable bonds is 32. The van der Waals surface area contributed by atoms with Crippen molar-refractivity contribution >= 4 is 69.9 Å². The fourth-order valence-electron chi connectivity index (χ4n) is 11.2. The molecule has 128 heavy (non-hydrogen) atoms. The molecule has 0 saturated heterocycles. The predicted octanol–water partition coefficient (Wildman–Crippen LogP) is 23.7. The maximum Gasteiger partial charge on any atom is 0.480 e. The number of ether oxygens (including phenoxy) is 6. The Kier molecular flexibility index (Phi) is 41.4. The second-order valence-electron chi connectivity index (χ2n) is 29.1. The first-order valence-electron chi connectivity index (χ1n) is 41.1. The third-order valence-electron chi connectivity index (χ3n) is 19.7. The molecule has 0 aromatic heterocycles. The zero-order chi connectivity index (χ0) is 93.5. The van der Waals surface area contributed by atoms with Crippen molar-refractivity contribution in [1.82, 2.24) is 0 Å². The third-order valence-corrected chi connectivity index (χ3v) is 28.2. The summed E-state index contributed by atoms with van der Waals surface area (Å²) in [5.41, 5.74) is -3.17. The van der Waals surface area contributed by atoms with Crippen molar-refractivity contribution in [1.29, 1.82) is 0 Å². The van der Waals surface area contributed by atoms with Crippen LogP contribution in [0.3, 0.4) is 0 Å². The van der Waals surface area contributed by atoms with Crippen molar-refractivity contribution in [2.24, 2.45) is 11.3 Å². The first kappa shape index (κ1) is 104. The number of para-hydroxylation sites is 1. The van der Waals surface area contributed by atoms with Crippen LogP contribution in [-0.2, 0) is 71.0 Å². The Labute approximate surface area is 754 Å². The average molecular weight is 1850 g/mol. The van der Waals surface area contributed by atoms with Crippen molar-refractivity contribution in [3.8, 4) is 34.1 Å². The summed E-state index contributed by atoms with van der Waals surface area (Å²) in [6, 6.07) is 110. The smallest absolute Gasteiger partial charge is 0.480 e. The molecule has 6 atom stereocenters. The fraction of sp³-hybridized carbons (Fsp3) is 0.250. The first-order valence-corrected chi connectivity index (χ1v) is 47.8. The summed E-state index contributed by atoms with van der Waals surface area (Å²) in [6.45, 7) is 18.0. The lowest BCUT2D eigenvalue weighted by Crippen LogP contribution is -2.43. The number of carbonyl (C=O) groups is 3. The third kappa shape index (κ3) is 32.5. The van der Waals surface area contributed by atoms with E-state index in [9.17, 15) is 71.2 Å². The molecule has 0 aliphatic rings. The van der Waals surface area contributed by atoms with Gasteiger partial charge in [-0.15, -0.1) is 0 Å². The molecule has 0 amide bonds. The molecule has 12 aromatic rings. The van der Waals surface area contributed by atoms with Gasteiger partial charge in [-0.1, -0.05) is 243 Å². The number of hydrogen-bond acceptors (Lipinski definition) is 17. The lowest BCUT2D eigenvalue weighted by molar-refractivity contribution is -0.147. The number of esters is 3. The fourth-order valence-corrected chi connectivity index (χ4v) is 18.2. The van der Waals surface area contributed by atoms with E-state index < -0.39 is 70.7 Å². The molecule has 0 fully saturated rings. The van der Waals surface area contributed by atoms with E-state index in [0.29, 0.717) is 49.7 Å². The number of aliphatic hydroxyl groups is 1. The Morgan fingerprint density at radius 3 is 1.13 bits per heavy atom. The van der Waals surface area contributed by atoms with Crippen LogP contribution in [0.4, 0.5) is 22.0 Å². The molecule has 0 aliphatic carbocycles. The van der Waals surface area contributed by atoms with Crippen LogP contribution in [0.25, 0.3) is 15.3 Å². The van der Waals surface area contributed by atoms with Gasteiger partial charge >= 0.3 is 28.7 Å². The summed E-state index contributed by atoms with van der Waals surface area (Å²) in [6.07, 6.45) is -0.224. The number of halogens is 5. The van der Waals surface area contributed by atoms with Gasteiger partial charge in [-0.25, -0.2) is 30.0 Å². The minimum absolute atomic E-state index is 0.0146. The average Bonchev–Trinajstić information content (AvgIpc) is 0.771. The van der Waals surface area contributed by atoms with E-state index in [0.717, 1.165) is 47.3 Å². The quantitative estimate of drug-likeness (QED) is 0.00781. The second-order valence-corrected chi connectivity index (χ2v) is 38.0. The molecule has 0 radical (unpaired) electrons.